The highest BCUT2D eigenvalue weighted by Crippen LogP contribution is 2.35. The number of ketones is 1. The number of carboxylic acid groups (broad SMARTS) is 2. The van der Waals surface area contributed by atoms with Crippen molar-refractivity contribution >= 4 is 34.5 Å². The lowest BCUT2D eigenvalue weighted by molar-refractivity contribution is -0.139. The largest absolute Gasteiger partial charge is 0.481 e. The van der Waals surface area contributed by atoms with Gasteiger partial charge in [-0.25, -0.2) is 4.79 Å². The molecule has 0 saturated carbocycles. The Labute approximate surface area is 218 Å². The van der Waals surface area contributed by atoms with Gasteiger partial charge in [0.05, 0.1) is 5.52 Å². The third-order valence-corrected chi connectivity index (χ3v) is 6.32. The second-order valence-electron chi connectivity index (χ2n) is 8.83. The van der Waals surface area contributed by atoms with Gasteiger partial charge in [0.1, 0.15) is 5.75 Å². The van der Waals surface area contributed by atoms with Crippen LogP contribution in [0.4, 0.5) is 0 Å². The van der Waals surface area contributed by atoms with Crippen LogP contribution >= 0.6 is 0 Å². The minimum atomic E-state index is -1.16. The van der Waals surface area contributed by atoms with Crippen molar-refractivity contribution in [3.05, 3.63) is 89.1 Å². The Morgan fingerprint density at radius 1 is 0.921 bits per heavy atom. The van der Waals surface area contributed by atoms with Crippen LogP contribution < -0.4 is 10.5 Å². The van der Waals surface area contributed by atoms with Crippen LogP contribution in [-0.2, 0) is 27.3 Å². The number of aliphatic carboxylic acids is 2. The summed E-state index contributed by atoms with van der Waals surface area (Å²) in [5, 5.41) is 18.9. The molecule has 0 unspecified atom stereocenters. The summed E-state index contributed by atoms with van der Waals surface area (Å²) in [5.74, 6) is -3.69. The Hall–Kier alpha value is -4.92. The van der Waals surface area contributed by atoms with Crippen molar-refractivity contribution in [2.45, 2.75) is 26.3 Å². The summed E-state index contributed by atoms with van der Waals surface area (Å²) >= 11 is 0. The van der Waals surface area contributed by atoms with Crippen LogP contribution in [0, 0.1) is 6.92 Å². The molecule has 0 aliphatic rings. The van der Waals surface area contributed by atoms with Crippen LogP contribution in [0.25, 0.3) is 22.0 Å². The van der Waals surface area contributed by atoms with Crippen molar-refractivity contribution in [1.82, 2.24) is 4.57 Å². The monoisotopic (exact) mass is 514 g/mol. The van der Waals surface area contributed by atoms with E-state index in [4.69, 9.17) is 15.6 Å². The van der Waals surface area contributed by atoms with Crippen LogP contribution in [0.2, 0.25) is 0 Å². The van der Waals surface area contributed by atoms with E-state index < -0.39 is 30.2 Å². The van der Waals surface area contributed by atoms with E-state index >= 15 is 0 Å². The van der Waals surface area contributed by atoms with E-state index in [1.807, 2.05) is 60.0 Å². The van der Waals surface area contributed by atoms with Gasteiger partial charge in [0.25, 0.3) is 5.91 Å². The van der Waals surface area contributed by atoms with Crippen molar-refractivity contribution < 1.29 is 34.1 Å². The number of benzene rings is 3. The predicted octanol–water partition coefficient (Wildman–Crippen LogP) is 3.81. The van der Waals surface area contributed by atoms with Crippen molar-refractivity contribution in [2.24, 2.45) is 5.73 Å². The Balaban J connectivity index is 1.89. The molecule has 38 heavy (non-hydrogen) atoms. The van der Waals surface area contributed by atoms with Gasteiger partial charge < -0.3 is 25.3 Å². The lowest BCUT2D eigenvalue weighted by Crippen LogP contribution is -2.25. The summed E-state index contributed by atoms with van der Waals surface area (Å²) in [7, 11) is 0. The molecule has 0 atom stereocenters. The lowest BCUT2D eigenvalue weighted by atomic mass is 9.93. The molecule has 0 aliphatic heterocycles. The van der Waals surface area contributed by atoms with Gasteiger partial charge in [-0.3, -0.25) is 14.4 Å². The summed E-state index contributed by atoms with van der Waals surface area (Å²) < 4.78 is 7.56. The maximum Gasteiger partial charge on any atom is 0.341 e. The molecule has 4 rings (SSSR count). The second kappa shape index (κ2) is 11.0. The number of ether oxygens (including phenoxy) is 1. The van der Waals surface area contributed by atoms with Crippen molar-refractivity contribution in [2.75, 3.05) is 6.61 Å². The number of amides is 1. The van der Waals surface area contributed by atoms with Crippen LogP contribution in [0.15, 0.2) is 66.7 Å². The summed E-state index contributed by atoms with van der Waals surface area (Å²) in [5.41, 5.74) is 9.84. The Morgan fingerprint density at radius 2 is 1.66 bits per heavy atom. The highest BCUT2D eigenvalue weighted by Gasteiger charge is 2.22. The smallest absolute Gasteiger partial charge is 0.341 e. The molecule has 3 aromatic carbocycles. The van der Waals surface area contributed by atoms with E-state index in [0.717, 1.165) is 16.8 Å². The molecule has 0 aliphatic carbocycles. The first-order valence-corrected chi connectivity index (χ1v) is 11.9. The maximum atomic E-state index is 12.8. The van der Waals surface area contributed by atoms with E-state index in [-0.39, 0.29) is 24.9 Å². The molecular weight excluding hydrogens is 488 g/mol. The number of nitrogens with zero attached hydrogens (tertiary/aromatic N) is 1. The molecule has 0 fully saturated rings. The van der Waals surface area contributed by atoms with E-state index in [0.29, 0.717) is 27.8 Å². The van der Waals surface area contributed by atoms with Gasteiger partial charge in [0, 0.05) is 29.6 Å². The standard InChI is InChI=1S/C29H26N2O7/c1-17-14-22-24(12-10-19(11-13-25(32)33)28(22)38-16-26(34)35)31(17)15-23-20(18-6-3-2-4-7-18)8-5-9-21(23)27(36)29(30)37/h2-10,12,14H,11,13,15-16H2,1H3,(H2,30,37)(H,32,33)(H,34,35). The number of fused-ring (bicyclic) bond motifs is 1. The number of carboxylic acids is 2. The molecule has 9 heteroatoms. The van der Waals surface area contributed by atoms with E-state index in [1.54, 1.807) is 18.2 Å². The molecule has 194 valence electrons. The SMILES string of the molecule is Cc1cc2c(OCC(=O)O)c(CCC(=O)O)ccc2n1Cc1c(C(=O)C(N)=O)cccc1-c1ccccc1. The number of nitrogens with two attached hydrogens (primary N) is 1. The Morgan fingerprint density at radius 3 is 2.32 bits per heavy atom. The predicted molar refractivity (Wildman–Crippen MR) is 140 cm³/mol. The fourth-order valence-electron chi connectivity index (χ4n) is 4.59. The minimum absolute atomic E-state index is 0.141. The molecule has 0 saturated heterocycles. The van der Waals surface area contributed by atoms with Crippen LogP contribution in [-0.4, -0.2) is 45.0 Å². The number of hydrogen-bond donors (Lipinski definition) is 3. The van der Waals surface area contributed by atoms with Gasteiger partial charge in [0.15, 0.2) is 6.61 Å². The molecule has 0 radical (unpaired) electrons. The molecule has 0 bridgehead atoms. The first-order valence-electron chi connectivity index (χ1n) is 11.9. The number of Topliss-reactive ketones (excluding diaryl/α,β-unsaturated/α-hetero) is 1. The molecule has 4 aromatic rings. The van der Waals surface area contributed by atoms with Crippen LogP contribution in [0.1, 0.15) is 33.6 Å². The minimum Gasteiger partial charge on any atom is -0.481 e. The fourth-order valence-corrected chi connectivity index (χ4v) is 4.59. The number of aryl methyl sites for hydroxylation is 2. The molecule has 1 aromatic heterocycles. The first-order chi connectivity index (χ1) is 18.2. The van der Waals surface area contributed by atoms with Gasteiger partial charge in [-0.1, -0.05) is 54.6 Å². The molecule has 9 nitrogen and oxygen atoms in total. The molecule has 1 amide bonds. The molecular formula is C29H26N2O7. The summed E-state index contributed by atoms with van der Waals surface area (Å²) in [6, 6.07) is 20.0. The molecule has 4 N–H and O–H groups in total. The zero-order valence-electron chi connectivity index (χ0n) is 20.6. The second-order valence-corrected chi connectivity index (χ2v) is 8.83. The Kier molecular flexibility index (Phi) is 7.57. The summed E-state index contributed by atoms with van der Waals surface area (Å²) in [6.45, 7) is 1.48. The summed E-state index contributed by atoms with van der Waals surface area (Å²) in [4.78, 5) is 47.0. The third-order valence-electron chi connectivity index (χ3n) is 6.32. The van der Waals surface area contributed by atoms with E-state index in [9.17, 15) is 24.3 Å². The van der Waals surface area contributed by atoms with Gasteiger partial charge in [-0.15, -0.1) is 0 Å². The lowest BCUT2D eigenvalue weighted by Gasteiger charge is -2.17. The number of carbonyl (C=O) groups excluding carboxylic acids is 2. The number of aromatic nitrogens is 1. The topological polar surface area (TPSA) is 149 Å². The third kappa shape index (κ3) is 5.41. The first kappa shape index (κ1) is 26.2. The summed E-state index contributed by atoms with van der Waals surface area (Å²) in [6.07, 6.45) is 0.0240. The van der Waals surface area contributed by atoms with Crippen molar-refractivity contribution in [3.8, 4) is 16.9 Å². The van der Waals surface area contributed by atoms with Crippen LogP contribution in [0.5, 0.6) is 5.75 Å². The van der Waals surface area contributed by atoms with Crippen molar-refractivity contribution in [1.29, 1.82) is 0 Å². The number of rotatable bonds is 11. The zero-order valence-corrected chi connectivity index (χ0v) is 20.6. The zero-order chi connectivity index (χ0) is 27.4. The van der Waals surface area contributed by atoms with Gasteiger partial charge in [-0.2, -0.15) is 0 Å². The average molecular weight is 515 g/mol. The average Bonchev–Trinajstić information content (AvgIpc) is 3.21. The highest BCUT2D eigenvalue weighted by atomic mass is 16.5. The van der Waals surface area contributed by atoms with Gasteiger partial charge in [-0.05, 0) is 47.7 Å². The van der Waals surface area contributed by atoms with Crippen molar-refractivity contribution in [3.63, 3.8) is 0 Å². The normalized spacial score (nSPS) is 10.9. The molecule has 0 spiro atoms. The highest BCUT2D eigenvalue weighted by molar-refractivity contribution is 6.42. The van der Waals surface area contributed by atoms with E-state index in [1.165, 1.54) is 0 Å². The molecule has 1 heterocycles. The fraction of sp³-hybridized carbons (Fsp3) is 0.172. The van der Waals surface area contributed by atoms with Gasteiger partial charge in [0.2, 0.25) is 5.78 Å². The van der Waals surface area contributed by atoms with Gasteiger partial charge >= 0.3 is 11.9 Å². The number of carbonyl (C=O) groups is 4. The maximum absolute atomic E-state index is 12.8. The van der Waals surface area contributed by atoms with Crippen LogP contribution in [0.3, 0.4) is 0 Å². The van der Waals surface area contributed by atoms with E-state index in [2.05, 4.69) is 0 Å². The Bertz CT molecular complexity index is 1550. The quantitative estimate of drug-likeness (QED) is 0.203. The number of primary amides is 1. The number of hydrogen-bond acceptors (Lipinski definition) is 5.